The second kappa shape index (κ2) is 5.12. The fraction of sp³-hybridized carbons (Fsp3) is 0.583. The highest BCUT2D eigenvalue weighted by atomic mass is 32.2. The summed E-state index contributed by atoms with van der Waals surface area (Å²) in [6.07, 6.45) is 7.40. The molecule has 0 N–H and O–H groups in total. The van der Waals surface area contributed by atoms with E-state index in [9.17, 15) is 8.42 Å². The number of sulfonamides is 1. The van der Waals surface area contributed by atoms with Gasteiger partial charge >= 0.3 is 0 Å². The van der Waals surface area contributed by atoms with Gasteiger partial charge in [0.05, 0.1) is 6.54 Å². The number of aromatic nitrogens is 1. The van der Waals surface area contributed by atoms with Crippen molar-refractivity contribution in [2.45, 2.75) is 25.5 Å². The Hall–Kier alpha value is -1.32. The normalized spacial score (nSPS) is 15.8. The summed E-state index contributed by atoms with van der Waals surface area (Å²) in [7, 11) is -3.41. The van der Waals surface area contributed by atoms with E-state index in [1.54, 1.807) is 13.0 Å². The molecular weight excluding hydrogens is 252 g/mol. The van der Waals surface area contributed by atoms with Crippen LogP contribution in [0.2, 0.25) is 0 Å². The van der Waals surface area contributed by atoms with Crippen molar-refractivity contribution >= 4 is 10.0 Å². The molecule has 1 aliphatic rings. The minimum atomic E-state index is -3.41. The number of hydrogen-bond donors (Lipinski definition) is 0. The van der Waals surface area contributed by atoms with Gasteiger partial charge in [-0.3, -0.25) is 0 Å². The Bertz CT molecular complexity index is 552. The van der Waals surface area contributed by atoms with Crippen LogP contribution in [-0.2, 0) is 15.8 Å². The highest BCUT2D eigenvalue weighted by molar-refractivity contribution is 7.88. The van der Waals surface area contributed by atoms with E-state index in [-0.39, 0.29) is 12.3 Å². The molecule has 1 aromatic rings. The maximum atomic E-state index is 12.2. The third-order valence-electron chi connectivity index (χ3n) is 2.83. The van der Waals surface area contributed by atoms with E-state index in [2.05, 4.69) is 11.1 Å². The van der Waals surface area contributed by atoms with Gasteiger partial charge in [0.25, 0.3) is 0 Å². The van der Waals surface area contributed by atoms with E-state index in [4.69, 9.17) is 10.9 Å². The molecule has 0 aliphatic heterocycles. The molecule has 0 aromatic carbocycles. The lowest BCUT2D eigenvalue weighted by molar-refractivity contribution is 0.390. The predicted molar refractivity (Wildman–Crippen MR) is 67.0 cm³/mol. The summed E-state index contributed by atoms with van der Waals surface area (Å²) >= 11 is 0. The molecular formula is C12H16N2O3S. The smallest absolute Gasteiger partial charge is 0.220 e. The van der Waals surface area contributed by atoms with Crippen LogP contribution in [0.25, 0.3) is 0 Å². The number of aryl methyl sites for hydroxylation is 1. The van der Waals surface area contributed by atoms with Crippen LogP contribution in [0.1, 0.15) is 24.3 Å². The second-order valence-corrected chi connectivity index (χ2v) is 6.59. The average Bonchev–Trinajstić information content (AvgIpc) is 3.01. The maximum absolute atomic E-state index is 12.2. The molecule has 0 atom stereocenters. The number of terminal acetylenes is 1. The quantitative estimate of drug-likeness (QED) is 0.726. The fourth-order valence-corrected chi connectivity index (χ4v) is 3.13. The molecule has 0 saturated heterocycles. The number of nitrogens with zero attached hydrogens (tertiary/aromatic N) is 2. The average molecular weight is 268 g/mol. The van der Waals surface area contributed by atoms with Crippen molar-refractivity contribution in [3.8, 4) is 12.3 Å². The van der Waals surface area contributed by atoms with Gasteiger partial charge in [0.1, 0.15) is 17.2 Å². The number of rotatable bonds is 6. The Labute approximate surface area is 107 Å². The summed E-state index contributed by atoms with van der Waals surface area (Å²) in [4.78, 5) is 0. The van der Waals surface area contributed by atoms with E-state index < -0.39 is 10.0 Å². The van der Waals surface area contributed by atoms with Crippen LogP contribution in [-0.4, -0.2) is 31.0 Å². The predicted octanol–water partition coefficient (Wildman–Crippen LogP) is 1.16. The van der Waals surface area contributed by atoms with Crippen LogP contribution in [0.3, 0.4) is 0 Å². The van der Waals surface area contributed by atoms with Gasteiger partial charge in [-0.25, -0.2) is 8.42 Å². The van der Waals surface area contributed by atoms with Gasteiger partial charge in [0, 0.05) is 12.6 Å². The van der Waals surface area contributed by atoms with E-state index in [0.29, 0.717) is 23.9 Å². The molecule has 0 bridgehead atoms. The molecule has 0 radical (unpaired) electrons. The molecule has 1 aliphatic carbocycles. The molecule has 6 heteroatoms. The minimum absolute atomic E-state index is 0.121. The molecule has 98 valence electrons. The summed E-state index contributed by atoms with van der Waals surface area (Å²) in [6, 6.07) is 1.63. The van der Waals surface area contributed by atoms with Gasteiger partial charge in [0.2, 0.25) is 10.0 Å². The molecule has 5 nitrogen and oxygen atoms in total. The van der Waals surface area contributed by atoms with E-state index in [1.165, 1.54) is 4.31 Å². The summed E-state index contributed by atoms with van der Waals surface area (Å²) in [5.74, 6) is 3.31. The lowest BCUT2D eigenvalue weighted by Gasteiger charge is -2.18. The monoisotopic (exact) mass is 268 g/mol. The zero-order chi connectivity index (χ0) is 13.2. The molecule has 1 fully saturated rings. The molecule has 2 rings (SSSR count). The van der Waals surface area contributed by atoms with Crippen LogP contribution < -0.4 is 0 Å². The van der Waals surface area contributed by atoms with Gasteiger partial charge in [-0.1, -0.05) is 11.1 Å². The molecule has 0 unspecified atom stereocenters. The van der Waals surface area contributed by atoms with E-state index in [0.717, 1.165) is 12.8 Å². The van der Waals surface area contributed by atoms with Crippen LogP contribution in [0.4, 0.5) is 0 Å². The Morgan fingerprint density at radius 3 is 2.83 bits per heavy atom. The van der Waals surface area contributed by atoms with Gasteiger partial charge < -0.3 is 4.52 Å². The van der Waals surface area contributed by atoms with Crippen molar-refractivity contribution in [1.29, 1.82) is 0 Å². The standard InChI is InChI=1S/C12H16N2O3S/c1-3-6-14(8-11-4-5-11)18(15,16)9-12-7-10(2)17-13-12/h1,7,11H,4-6,8-9H2,2H3. The van der Waals surface area contributed by atoms with Crippen molar-refractivity contribution in [2.75, 3.05) is 13.1 Å². The third-order valence-corrected chi connectivity index (χ3v) is 4.55. The first-order valence-corrected chi connectivity index (χ1v) is 7.45. The van der Waals surface area contributed by atoms with Crippen molar-refractivity contribution < 1.29 is 12.9 Å². The second-order valence-electron chi connectivity index (χ2n) is 4.63. The highest BCUT2D eigenvalue weighted by Crippen LogP contribution is 2.30. The number of hydrogen-bond acceptors (Lipinski definition) is 4. The Balaban J connectivity index is 2.08. The van der Waals surface area contributed by atoms with E-state index >= 15 is 0 Å². The lowest BCUT2D eigenvalue weighted by atomic mass is 10.4. The molecule has 0 amide bonds. The highest BCUT2D eigenvalue weighted by Gasteiger charge is 2.30. The topological polar surface area (TPSA) is 63.4 Å². The summed E-state index contributed by atoms with van der Waals surface area (Å²) in [6.45, 7) is 2.37. The molecule has 1 heterocycles. The maximum Gasteiger partial charge on any atom is 0.220 e. The van der Waals surface area contributed by atoms with Crippen LogP contribution in [0, 0.1) is 25.2 Å². The lowest BCUT2D eigenvalue weighted by Crippen LogP contribution is -2.34. The Morgan fingerprint density at radius 1 is 1.61 bits per heavy atom. The molecule has 0 spiro atoms. The van der Waals surface area contributed by atoms with Crippen molar-refractivity contribution in [2.24, 2.45) is 5.92 Å². The fourth-order valence-electron chi connectivity index (χ4n) is 1.73. The summed E-state index contributed by atoms with van der Waals surface area (Å²) in [5.41, 5.74) is 0.422. The first kappa shape index (κ1) is 13.1. The van der Waals surface area contributed by atoms with Gasteiger partial charge in [-0.2, -0.15) is 4.31 Å². The largest absolute Gasteiger partial charge is 0.361 e. The Morgan fingerprint density at radius 2 is 2.33 bits per heavy atom. The molecule has 18 heavy (non-hydrogen) atoms. The molecule has 1 aromatic heterocycles. The van der Waals surface area contributed by atoms with Crippen LogP contribution in [0.5, 0.6) is 0 Å². The zero-order valence-electron chi connectivity index (χ0n) is 10.3. The summed E-state index contributed by atoms with van der Waals surface area (Å²) in [5, 5.41) is 3.71. The summed E-state index contributed by atoms with van der Waals surface area (Å²) < 4.78 is 30.7. The first-order valence-electron chi connectivity index (χ1n) is 5.85. The van der Waals surface area contributed by atoms with Crippen molar-refractivity contribution in [1.82, 2.24) is 9.46 Å². The van der Waals surface area contributed by atoms with Crippen LogP contribution >= 0.6 is 0 Å². The Kier molecular flexibility index (Phi) is 3.73. The van der Waals surface area contributed by atoms with Gasteiger partial charge in [-0.05, 0) is 25.7 Å². The van der Waals surface area contributed by atoms with Crippen molar-refractivity contribution in [3.63, 3.8) is 0 Å². The zero-order valence-corrected chi connectivity index (χ0v) is 11.1. The van der Waals surface area contributed by atoms with E-state index in [1.807, 2.05) is 0 Å². The van der Waals surface area contributed by atoms with Crippen LogP contribution in [0.15, 0.2) is 10.6 Å². The first-order chi connectivity index (χ1) is 8.51. The molecule has 1 saturated carbocycles. The minimum Gasteiger partial charge on any atom is -0.361 e. The third kappa shape index (κ3) is 3.34. The van der Waals surface area contributed by atoms with Crippen molar-refractivity contribution in [3.05, 3.63) is 17.5 Å². The SMILES string of the molecule is C#CCN(CC1CC1)S(=O)(=O)Cc1cc(C)on1. The van der Waals surface area contributed by atoms with Gasteiger partial charge in [0.15, 0.2) is 0 Å². The van der Waals surface area contributed by atoms with Gasteiger partial charge in [-0.15, -0.1) is 6.42 Å².